The molecule has 0 spiro atoms. The lowest BCUT2D eigenvalue weighted by Gasteiger charge is -2.30. The van der Waals surface area contributed by atoms with Crippen molar-refractivity contribution in [1.29, 1.82) is 0 Å². The van der Waals surface area contributed by atoms with Gasteiger partial charge < -0.3 is 9.32 Å². The number of oxazole rings is 1. The zero-order valence-electron chi connectivity index (χ0n) is 15.2. The number of benzene rings is 1. The molecule has 26 heavy (non-hydrogen) atoms. The second-order valence-electron chi connectivity index (χ2n) is 7.26. The van der Waals surface area contributed by atoms with Crippen LogP contribution < -0.4 is 5.76 Å². The van der Waals surface area contributed by atoms with E-state index in [1.54, 1.807) is 16.4 Å². The van der Waals surface area contributed by atoms with Gasteiger partial charge in [-0.25, -0.2) is 13.2 Å². The molecule has 0 N–H and O–H groups in total. The second kappa shape index (κ2) is 6.51. The molecule has 0 aliphatic carbocycles. The highest BCUT2D eigenvalue weighted by molar-refractivity contribution is 7.89. The summed E-state index contributed by atoms with van der Waals surface area (Å²) in [7, 11) is -1.52. The molecule has 2 saturated heterocycles. The van der Waals surface area contributed by atoms with Gasteiger partial charge in [0.25, 0.3) is 0 Å². The maximum atomic E-state index is 13.3. The first-order valence-electron chi connectivity index (χ1n) is 9.29. The number of hydrogen-bond donors (Lipinski definition) is 0. The van der Waals surface area contributed by atoms with E-state index < -0.39 is 15.8 Å². The molecule has 0 radical (unpaired) electrons. The molecule has 2 aliphatic heterocycles. The maximum Gasteiger partial charge on any atom is 0.419 e. The third-order valence-corrected chi connectivity index (χ3v) is 7.77. The Hall–Kier alpha value is -1.64. The number of sulfonamides is 1. The number of rotatable bonds is 3. The van der Waals surface area contributed by atoms with Crippen LogP contribution in [0.4, 0.5) is 0 Å². The van der Waals surface area contributed by atoms with Crippen molar-refractivity contribution in [2.75, 3.05) is 20.1 Å². The molecule has 3 heterocycles. The number of hydrogen-bond acceptors (Lipinski definition) is 5. The maximum absolute atomic E-state index is 13.3. The molecule has 2 fully saturated rings. The first-order valence-corrected chi connectivity index (χ1v) is 10.7. The summed E-state index contributed by atoms with van der Waals surface area (Å²) in [5.74, 6) is -0.455. The van der Waals surface area contributed by atoms with Crippen LogP contribution in [0, 0.1) is 0 Å². The average molecular weight is 379 g/mol. The van der Waals surface area contributed by atoms with Crippen molar-refractivity contribution < 1.29 is 12.8 Å². The summed E-state index contributed by atoms with van der Waals surface area (Å²) < 4.78 is 35.0. The summed E-state index contributed by atoms with van der Waals surface area (Å²) in [6.45, 7) is 3.91. The highest BCUT2D eigenvalue weighted by Crippen LogP contribution is 2.34. The van der Waals surface area contributed by atoms with Crippen LogP contribution in [0.25, 0.3) is 11.1 Å². The van der Waals surface area contributed by atoms with Gasteiger partial charge in [0, 0.05) is 31.2 Å². The van der Waals surface area contributed by atoms with E-state index in [-0.39, 0.29) is 17.0 Å². The van der Waals surface area contributed by atoms with Gasteiger partial charge in [0.05, 0.1) is 10.4 Å². The van der Waals surface area contributed by atoms with Crippen molar-refractivity contribution in [2.45, 2.75) is 56.1 Å². The minimum absolute atomic E-state index is 0.0236. The quantitative estimate of drug-likeness (QED) is 0.814. The van der Waals surface area contributed by atoms with Crippen molar-refractivity contribution in [1.82, 2.24) is 13.8 Å². The van der Waals surface area contributed by atoms with E-state index in [1.807, 2.05) is 6.92 Å². The molecule has 2 aliphatic rings. The molecule has 4 rings (SSSR count). The van der Waals surface area contributed by atoms with Crippen molar-refractivity contribution in [3.8, 4) is 0 Å². The lowest BCUT2D eigenvalue weighted by molar-refractivity contribution is 0.219. The van der Waals surface area contributed by atoms with Crippen LogP contribution >= 0.6 is 0 Å². The Balaban J connectivity index is 1.72. The zero-order valence-corrected chi connectivity index (χ0v) is 16.0. The second-order valence-corrected chi connectivity index (χ2v) is 9.15. The number of aryl methyl sites for hydroxylation is 1. The summed E-state index contributed by atoms with van der Waals surface area (Å²) in [4.78, 5) is 14.4. The number of likely N-dealkylation sites (tertiary alicyclic amines) is 1. The van der Waals surface area contributed by atoms with Gasteiger partial charge in [-0.3, -0.25) is 4.57 Å². The van der Waals surface area contributed by atoms with Crippen LogP contribution in [0.15, 0.2) is 32.3 Å². The highest BCUT2D eigenvalue weighted by Gasteiger charge is 2.43. The van der Waals surface area contributed by atoms with Crippen molar-refractivity contribution in [3.63, 3.8) is 0 Å². The predicted molar refractivity (Wildman–Crippen MR) is 98.7 cm³/mol. The van der Waals surface area contributed by atoms with Crippen LogP contribution in [-0.2, 0) is 16.6 Å². The molecule has 142 valence electrons. The minimum atomic E-state index is -3.62. The fraction of sp³-hybridized carbons (Fsp3) is 0.611. The third kappa shape index (κ3) is 2.71. The van der Waals surface area contributed by atoms with Crippen LogP contribution in [0.2, 0.25) is 0 Å². The Labute approximate surface area is 153 Å². The highest BCUT2D eigenvalue weighted by atomic mass is 32.2. The largest absolute Gasteiger partial charge is 0.419 e. The van der Waals surface area contributed by atoms with Gasteiger partial charge in [0.1, 0.15) is 0 Å². The Morgan fingerprint density at radius 1 is 1.15 bits per heavy atom. The third-order valence-electron chi connectivity index (χ3n) is 5.85. The van der Waals surface area contributed by atoms with Gasteiger partial charge in [-0.15, -0.1) is 0 Å². The zero-order chi connectivity index (χ0) is 18.5. The topological polar surface area (TPSA) is 75.8 Å². The van der Waals surface area contributed by atoms with E-state index in [1.165, 1.54) is 10.6 Å². The molecule has 8 heteroatoms. The summed E-state index contributed by atoms with van der Waals surface area (Å²) >= 11 is 0. The molecule has 0 saturated carbocycles. The van der Waals surface area contributed by atoms with Gasteiger partial charge in [0.2, 0.25) is 10.0 Å². The van der Waals surface area contributed by atoms with E-state index in [4.69, 9.17) is 4.42 Å². The van der Waals surface area contributed by atoms with Gasteiger partial charge in [-0.1, -0.05) is 6.42 Å². The first kappa shape index (κ1) is 17.8. The van der Waals surface area contributed by atoms with Crippen LogP contribution in [0.1, 0.15) is 32.6 Å². The lowest BCUT2D eigenvalue weighted by atomic mass is 10.1. The van der Waals surface area contributed by atoms with Gasteiger partial charge >= 0.3 is 5.76 Å². The van der Waals surface area contributed by atoms with E-state index in [9.17, 15) is 13.2 Å². The Morgan fingerprint density at radius 2 is 1.96 bits per heavy atom. The smallest absolute Gasteiger partial charge is 0.408 e. The summed E-state index contributed by atoms with van der Waals surface area (Å²) in [5.41, 5.74) is 0.955. The lowest BCUT2D eigenvalue weighted by Crippen LogP contribution is -2.44. The molecule has 0 amide bonds. The molecule has 7 nitrogen and oxygen atoms in total. The Morgan fingerprint density at radius 3 is 2.73 bits per heavy atom. The van der Waals surface area contributed by atoms with E-state index >= 15 is 0 Å². The van der Waals surface area contributed by atoms with Crippen molar-refractivity contribution in [3.05, 3.63) is 28.7 Å². The van der Waals surface area contributed by atoms with E-state index in [2.05, 4.69) is 11.9 Å². The normalized spacial score (nSPS) is 25.5. The molecular formula is C18H25N3O4S. The SMILES string of the molecule is CCn1c(=O)oc2cc(S(=O)(=O)N3CC[C@@H]4[C@H]3CCCCN4C)ccc21. The molecule has 0 bridgehead atoms. The molecule has 0 unspecified atom stereocenters. The van der Waals surface area contributed by atoms with Crippen LogP contribution in [0.3, 0.4) is 0 Å². The fourth-order valence-corrected chi connectivity index (χ4v) is 6.20. The van der Waals surface area contributed by atoms with Crippen LogP contribution in [-0.4, -0.2) is 54.4 Å². The fourth-order valence-electron chi connectivity index (χ4n) is 4.48. The van der Waals surface area contributed by atoms with Gasteiger partial charge in [-0.05, 0) is 51.9 Å². The Bertz CT molecular complexity index is 978. The number of fused-ring (bicyclic) bond motifs is 2. The minimum Gasteiger partial charge on any atom is -0.408 e. The van der Waals surface area contributed by atoms with E-state index in [0.29, 0.717) is 24.2 Å². The van der Waals surface area contributed by atoms with Crippen LogP contribution in [0.5, 0.6) is 0 Å². The Kier molecular flexibility index (Phi) is 4.45. The number of aromatic nitrogens is 1. The van der Waals surface area contributed by atoms with Crippen molar-refractivity contribution in [2.24, 2.45) is 0 Å². The number of likely N-dealkylation sites (N-methyl/N-ethyl adjacent to an activating group) is 1. The van der Waals surface area contributed by atoms with Gasteiger partial charge in [0.15, 0.2) is 5.58 Å². The van der Waals surface area contributed by atoms with E-state index in [0.717, 1.165) is 32.2 Å². The molecule has 1 aromatic heterocycles. The van der Waals surface area contributed by atoms with Crippen molar-refractivity contribution >= 4 is 21.1 Å². The summed E-state index contributed by atoms with van der Waals surface area (Å²) in [6, 6.07) is 5.06. The first-order chi connectivity index (χ1) is 12.4. The monoisotopic (exact) mass is 379 g/mol. The summed E-state index contributed by atoms with van der Waals surface area (Å²) in [6.07, 6.45) is 3.92. The summed E-state index contributed by atoms with van der Waals surface area (Å²) in [5, 5.41) is 0. The average Bonchev–Trinajstić information content (AvgIpc) is 3.13. The molecule has 1 aromatic carbocycles. The predicted octanol–water partition coefficient (Wildman–Crippen LogP) is 1.86. The number of nitrogens with zero attached hydrogens (tertiary/aromatic N) is 3. The molecule has 2 atom stereocenters. The van der Waals surface area contributed by atoms with Gasteiger partial charge in [-0.2, -0.15) is 4.31 Å². The standard InChI is InChI=1S/C18H25N3O4S/c1-3-20-16-8-7-13(12-17(16)25-18(20)22)26(23,24)21-11-9-14-15(21)6-4-5-10-19(14)2/h7-8,12,14-15H,3-6,9-11H2,1-2H3/t14-,15-/m1/s1. The molecular weight excluding hydrogens is 354 g/mol. The molecule has 2 aromatic rings.